The number of halogens is 1. The minimum absolute atomic E-state index is 0.345. The van der Waals surface area contributed by atoms with E-state index in [9.17, 15) is 9.59 Å². The van der Waals surface area contributed by atoms with E-state index >= 15 is 0 Å². The van der Waals surface area contributed by atoms with Crippen molar-refractivity contribution in [2.45, 2.75) is 0 Å². The SMILES string of the molecule is O=C(COC(=O)c1ccc(-n2cncn2)cc1)Nc1ccccc1Br. The highest BCUT2D eigenvalue weighted by Gasteiger charge is 2.11. The van der Waals surface area contributed by atoms with Crippen molar-refractivity contribution in [1.29, 1.82) is 0 Å². The molecule has 0 fully saturated rings. The second-order valence-electron chi connectivity index (χ2n) is 4.99. The molecule has 25 heavy (non-hydrogen) atoms. The van der Waals surface area contributed by atoms with Gasteiger partial charge in [-0.15, -0.1) is 0 Å². The van der Waals surface area contributed by atoms with Gasteiger partial charge in [0.2, 0.25) is 0 Å². The summed E-state index contributed by atoms with van der Waals surface area (Å²) >= 11 is 3.33. The minimum Gasteiger partial charge on any atom is -0.452 e. The molecule has 7 nitrogen and oxygen atoms in total. The highest BCUT2D eigenvalue weighted by molar-refractivity contribution is 9.10. The maximum atomic E-state index is 12.0. The zero-order valence-corrected chi connectivity index (χ0v) is 14.5. The van der Waals surface area contributed by atoms with E-state index in [1.165, 1.54) is 6.33 Å². The van der Waals surface area contributed by atoms with Crippen LogP contribution in [0, 0.1) is 0 Å². The second-order valence-corrected chi connectivity index (χ2v) is 5.85. The Morgan fingerprint density at radius 3 is 2.56 bits per heavy atom. The third kappa shape index (κ3) is 4.30. The molecule has 0 saturated heterocycles. The normalized spacial score (nSPS) is 10.3. The van der Waals surface area contributed by atoms with Crippen molar-refractivity contribution >= 4 is 33.5 Å². The highest BCUT2D eigenvalue weighted by Crippen LogP contribution is 2.21. The molecule has 0 aliphatic rings. The molecule has 0 aliphatic heterocycles. The number of amides is 1. The van der Waals surface area contributed by atoms with Crippen molar-refractivity contribution in [3.8, 4) is 5.69 Å². The van der Waals surface area contributed by atoms with E-state index in [4.69, 9.17) is 4.74 Å². The Morgan fingerprint density at radius 1 is 1.12 bits per heavy atom. The van der Waals surface area contributed by atoms with Gasteiger partial charge in [0.1, 0.15) is 12.7 Å². The third-order valence-corrected chi connectivity index (χ3v) is 3.96. The Kier molecular flexibility index (Phi) is 5.20. The number of carbonyl (C=O) groups is 2. The molecule has 3 rings (SSSR count). The first-order chi connectivity index (χ1) is 12.1. The fourth-order valence-corrected chi connectivity index (χ4v) is 2.44. The fourth-order valence-electron chi connectivity index (χ4n) is 2.06. The summed E-state index contributed by atoms with van der Waals surface area (Å²) in [6.07, 6.45) is 2.98. The average Bonchev–Trinajstić information content (AvgIpc) is 3.16. The molecule has 1 heterocycles. The van der Waals surface area contributed by atoms with Crippen LogP contribution in [-0.2, 0) is 9.53 Å². The van der Waals surface area contributed by atoms with Crippen LogP contribution in [0.1, 0.15) is 10.4 Å². The van der Waals surface area contributed by atoms with Crippen molar-refractivity contribution in [2.75, 3.05) is 11.9 Å². The summed E-state index contributed by atoms with van der Waals surface area (Å²) in [5.74, 6) is -0.994. The first kappa shape index (κ1) is 16.8. The summed E-state index contributed by atoms with van der Waals surface area (Å²) < 4.78 is 7.35. The molecule has 3 aromatic rings. The van der Waals surface area contributed by atoms with Crippen molar-refractivity contribution in [2.24, 2.45) is 0 Å². The summed E-state index contributed by atoms with van der Waals surface area (Å²) in [6.45, 7) is -0.370. The van der Waals surface area contributed by atoms with Gasteiger partial charge in [-0.3, -0.25) is 4.79 Å². The number of carbonyl (C=O) groups excluding carboxylic acids is 2. The highest BCUT2D eigenvalue weighted by atomic mass is 79.9. The van der Waals surface area contributed by atoms with Crippen LogP contribution in [0.4, 0.5) is 5.69 Å². The summed E-state index contributed by atoms with van der Waals surface area (Å²) in [5, 5.41) is 6.66. The number of hydrogen-bond acceptors (Lipinski definition) is 5. The number of para-hydroxylation sites is 1. The number of nitrogens with one attached hydrogen (secondary N) is 1. The number of ether oxygens (including phenoxy) is 1. The summed E-state index contributed by atoms with van der Waals surface area (Å²) in [5.41, 5.74) is 1.72. The second kappa shape index (κ2) is 7.71. The first-order valence-electron chi connectivity index (χ1n) is 7.30. The van der Waals surface area contributed by atoms with Gasteiger partial charge in [0.05, 0.1) is 16.9 Å². The van der Waals surface area contributed by atoms with Gasteiger partial charge in [-0.2, -0.15) is 5.10 Å². The average molecular weight is 401 g/mol. The monoisotopic (exact) mass is 400 g/mol. The van der Waals surface area contributed by atoms with Crippen molar-refractivity contribution < 1.29 is 14.3 Å². The number of esters is 1. The fraction of sp³-hybridized carbons (Fsp3) is 0.0588. The molecular formula is C17H13BrN4O3. The molecule has 8 heteroatoms. The van der Waals surface area contributed by atoms with Crippen LogP contribution >= 0.6 is 15.9 Å². The van der Waals surface area contributed by atoms with Crippen LogP contribution < -0.4 is 5.32 Å². The van der Waals surface area contributed by atoms with Crippen molar-refractivity contribution in [1.82, 2.24) is 14.8 Å². The molecular weight excluding hydrogens is 388 g/mol. The first-order valence-corrected chi connectivity index (χ1v) is 8.09. The van der Waals surface area contributed by atoms with E-state index in [2.05, 4.69) is 31.3 Å². The molecule has 0 bridgehead atoms. The smallest absolute Gasteiger partial charge is 0.338 e. The molecule has 0 saturated carbocycles. The van der Waals surface area contributed by atoms with Gasteiger partial charge >= 0.3 is 5.97 Å². The van der Waals surface area contributed by atoms with Crippen LogP contribution in [0.15, 0.2) is 65.7 Å². The third-order valence-electron chi connectivity index (χ3n) is 3.27. The van der Waals surface area contributed by atoms with Gasteiger partial charge in [-0.05, 0) is 52.3 Å². The van der Waals surface area contributed by atoms with E-state index in [1.54, 1.807) is 53.5 Å². The molecule has 0 aliphatic carbocycles. The van der Waals surface area contributed by atoms with Crippen molar-refractivity contribution in [3.05, 3.63) is 71.2 Å². The lowest BCUT2D eigenvalue weighted by molar-refractivity contribution is -0.119. The molecule has 0 unspecified atom stereocenters. The Bertz CT molecular complexity index is 879. The molecule has 0 atom stereocenters. The molecule has 1 amide bonds. The molecule has 2 aromatic carbocycles. The van der Waals surface area contributed by atoms with Crippen LogP contribution in [0.5, 0.6) is 0 Å². The number of nitrogens with zero attached hydrogens (tertiary/aromatic N) is 3. The standard InChI is InChI=1S/C17H13BrN4O3/c18-14-3-1-2-4-15(14)21-16(23)9-25-17(24)12-5-7-13(8-6-12)22-11-19-10-20-22/h1-8,10-11H,9H2,(H,21,23). The predicted octanol–water partition coefficient (Wildman–Crippen LogP) is 2.83. The van der Waals surface area contributed by atoms with Crippen LogP contribution in [-0.4, -0.2) is 33.2 Å². The zero-order valence-electron chi connectivity index (χ0n) is 12.9. The van der Waals surface area contributed by atoms with E-state index < -0.39 is 11.9 Å². The summed E-state index contributed by atoms with van der Waals surface area (Å²) in [6, 6.07) is 13.8. The summed E-state index contributed by atoms with van der Waals surface area (Å²) in [4.78, 5) is 27.8. The van der Waals surface area contributed by atoms with Crippen LogP contribution in [0.2, 0.25) is 0 Å². The number of anilines is 1. The van der Waals surface area contributed by atoms with Gasteiger partial charge in [0.15, 0.2) is 6.61 Å². The number of rotatable bonds is 5. The lowest BCUT2D eigenvalue weighted by Crippen LogP contribution is -2.21. The summed E-state index contributed by atoms with van der Waals surface area (Å²) in [7, 11) is 0. The topological polar surface area (TPSA) is 86.1 Å². The molecule has 1 aromatic heterocycles. The number of benzene rings is 2. The molecule has 126 valence electrons. The Morgan fingerprint density at radius 2 is 1.88 bits per heavy atom. The quantitative estimate of drug-likeness (QED) is 0.665. The maximum absolute atomic E-state index is 12.0. The van der Waals surface area contributed by atoms with Gasteiger partial charge in [0.25, 0.3) is 5.91 Å². The van der Waals surface area contributed by atoms with Crippen molar-refractivity contribution in [3.63, 3.8) is 0 Å². The predicted molar refractivity (Wildman–Crippen MR) is 94.4 cm³/mol. The maximum Gasteiger partial charge on any atom is 0.338 e. The molecule has 0 spiro atoms. The molecule has 1 N–H and O–H groups in total. The number of aromatic nitrogens is 3. The van der Waals surface area contributed by atoms with E-state index in [0.717, 1.165) is 10.2 Å². The van der Waals surface area contributed by atoms with Gasteiger partial charge < -0.3 is 10.1 Å². The van der Waals surface area contributed by atoms with E-state index in [1.807, 2.05) is 6.07 Å². The van der Waals surface area contributed by atoms with E-state index in [-0.39, 0.29) is 6.61 Å². The van der Waals surface area contributed by atoms with Crippen LogP contribution in [0.3, 0.4) is 0 Å². The Hall–Kier alpha value is -3.00. The largest absolute Gasteiger partial charge is 0.452 e. The Balaban J connectivity index is 1.55. The van der Waals surface area contributed by atoms with Gasteiger partial charge in [-0.1, -0.05) is 12.1 Å². The lowest BCUT2D eigenvalue weighted by atomic mass is 10.2. The van der Waals surface area contributed by atoms with E-state index in [0.29, 0.717) is 11.3 Å². The minimum atomic E-state index is -0.576. The van der Waals surface area contributed by atoms with Gasteiger partial charge in [0, 0.05) is 4.47 Å². The lowest BCUT2D eigenvalue weighted by Gasteiger charge is -2.08. The zero-order chi connectivity index (χ0) is 17.6. The van der Waals surface area contributed by atoms with Gasteiger partial charge in [-0.25, -0.2) is 14.5 Å². The Labute approximate surface area is 151 Å². The number of hydrogen-bond donors (Lipinski definition) is 1. The van der Waals surface area contributed by atoms with Crippen LogP contribution in [0.25, 0.3) is 5.69 Å². The molecule has 0 radical (unpaired) electrons.